The maximum Gasteiger partial charge on any atom is 0.338 e. The van der Waals surface area contributed by atoms with Gasteiger partial charge in [-0.25, -0.2) is 13.6 Å². The van der Waals surface area contributed by atoms with Crippen LogP contribution in [0.4, 0.5) is 8.78 Å². The van der Waals surface area contributed by atoms with Crippen molar-refractivity contribution in [3.8, 4) is 0 Å². The van der Waals surface area contributed by atoms with Crippen LogP contribution in [0.3, 0.4) is 0 Å². The number of nitrogens with two attached hydrogens (primary N) is 1. The van der Waals surface area contributed by atoms with E-state index in [0.717, 1.165) is 18.9 Å². The first-order chi connectivity index (χ1) is 7.41. The van der Waals surface area contributed by atoms with Crippen LogP contribution in [0, 0.1) is 11.6 Å². The van der Waals surface area contributed by atoms with Gasteiger partial charge in [-0.05, 0) is 37.0 Å². The summed E-state index contributed by atoms with van der Waals surface area (Å²) in [5.74, 6) is -3.11. The molecule has 0 aliphatic heterocycles. The Morgan fingerprint density at radius 2 is 2.00 bits per heavy atom. The summed E-state index contributed by atoms with van der Waals surface area (Å²) >= 11 is 0. The summed E-state index contributed by atoms with van der Waals surface area (Å²) < 4.78 is 26.8. The third-order valence-corrected chi connectivity index (χ3v) is 2.80. The SMILES string of the molecule is NC1(Cc2cc(F)c(C(=O)O)cc2F)CC1. The van der Waals surface area contributed by atoms with Gasteiger partial charge in [0.05, 0.1) is 5.56 Å². The van der Waals surface area contributed by atoms with Gasteiger partial charge in [0, 0.05) is 5.54 Å². The zero-order valence-electron chi connectivity index (χ0n) is 8.46. The molecule has 1 aromatic carbocycles. The van der Waals surface area contributed by atoms with Gasteiger partial charge in [0.25, 0.3) is 0 Å². The minimum Gasteiger partial charge on any atom is -0.478 e. The second kappa shape index (κ2) is 3.52. The van der Waals surface area contributed by atoms with Crippen LogP contribution in [0.1, 0.15) is 28.8 Å². The fourth-order valence-corrected chi connectivity index (χ4v) is 1.60. The first kappa shape index (κ1) is 11.0. The van der Waals surface area contributed by atoms with Crippen LogP contribution in [-0.4, -0.2) is 16.6 Å². The summed E-state index contributed by atoms with van der Waals surface area (Å²) in [4.78, 5) is 10.6. The molecule has 1 aromatic rings. The Bertz CT molecular complexity index is 456. The predicted molar refractivity (Wildman–Crippen MR) is 53.2 cm³/mol. The van der Waals surface area contributed by atoms with Gasteiger partial charge in [0.15, 0.2) is 0 Å². The Hall–Kier alpha value is -1.49. The van der Waals surface area contributed by atoms with Crippen LogP contribution in [0.25, 0.3) is 0 Å². The lowest BCUT2D eigenvalue weighted by atomic mass is 10.0. The molecule has 0 atom stereocenters. The molecule has 3 nitrogen and oxygen atoms in total. The number of hydrogen-bond donors (Lipinski definition) is 2. The van der Waals surface area contributed by atoms with E-state index < -0.39 is 28.7 Å². The van der Waals surface area contributed by atoms with Crippen molar-refractivity contribution in [1.29, 1.82) is 0 Å². The van der Waals surface area contributed by atoms with Crippen LogP contribution in [0.2, 0.25) is 0 Å². The van der Waals surface area contributed by atoms with E-state index in [1.807, 2.05) is 0 Å². The normalized spacial score (nSPS) is 17.2. The Labute approximate surface area is 90.9 Å². The van der Waals surface area contributed by atoms with E-state index in [1.165, 1.54) is 0 Å². The fourth-order valence-electron chi connectivity index (χ4n) is 1.60. The molecule has 0 saturated heterocycles. The van der Waals surface area contributed by atoms with E-state index in [1.54, 1.807) is 0 Å². The molecule has 3 N–H and O–H groups in total. The summed E-state index contributed by atoms with van der Waals surface area (Å²) in [5, 5.41) is 8.59. The second-order valence-electron chi connectivity index (χ2n) is 4.27. The summed E-state index contributed by atoms with van der Waals surface area (Å²) in [7, 11) is 0. The molecule has 1 aliphatic rings. The largest absolute Gasteiger partial charge is 0.478 e. The number of halogens is 2. The highest BCUT2D eigenvalue weighted by atomic mass is 19.1. The van der Waals surface area contributed by atoms with Gasteiger partial charge >= 0.3 is 5.97 Å². The van der Waals surface area contributed by atoms with Gasteiger partial charge < -0.3 is 10.8 Å². The Morgan fingerprint density at radius 3 is 2.50 bits per heavy atom. The van der Waals surface area contributed by atoms with Gasteiger partial charge in [0.1, 0.15) is 11.6 Å². The summed E-state index contributed by atoms with van der Waals surface area (Å²) in [6, 6.07) is 1.63. The van der Waals surface area contributed by atoms with E-state index in [0.29, 0.717) is 6.07 Å². The molecule has 2 rings (SSSR count). The molecular weight excluding hydrogens is 216 g/mol. The number of carboxylic acids is 1. The van der Waals surface area contributed by atoms with Crippen LogP contribution in [0.15, 0.2) is 12.1 Å². The van der Waals surface area contributed by atoms with Gasteiger partial charge in [0.2, 0.25) is 0 Å². The van der Waals surface area contributed by atoms with Crippen molar-refractivity contribution >= 4 is 5.97 Å². The fraction of sp³-hybridized carbons (Fsp3) is 0.364. The monoisotopic (exact) mass is 227 g/mol. The van der Waals surface area contributed by atoms with E-state index in [-0.39, 0.29) is 12.0 Å². The lowest BCUT2D eigenvalue weighted by molar-refractivity contribution is 0.0691. The van der Waals surface area contributed by atoms with E-state index in [2.05, 4.69) is 0 Å². The Morgan fingerprint density at radius 1 is 1.38 bits per heavy atom. The van der Waals surface area contributed by atoms with Crippen LogP contribution in [-0.2, 0) is 6.42 Å². The van der Waals surface area contributed by atoms with Crippen molar-refractivity contribution in [3.63, 3.8) is 0 Å². The average Bonchev–Trinajstić information content (AvgIpc) is 2.89. The molecule has 0 amide bonds. The van der Waals surface area contributed by atoms with Gasteiger partial charge in [-0.2, -0.15) is 0 Å². The summed E-state index contributed by atoms with van der Waals surface area (Å²) in [6.07, 6.45) is 1.82. The highest BCUT2D eigenvalue weighted by Crippen LogP contribution is 2.36. The molecule has 0 spiro atoms. The third kappa shape index (κ3) is 2.04. The molecule has 1 aliphatic carbocycles. The molecule has 0 radical (unpaired) electrons. The molecule has 0 aromatic heterocycles. The van der Waals surface area contributed by atoms with E-state index in [4.69, 9.17) is 10.8 Å². The lowest BCUT2D eigenvalue weighted by Gasteiger charge is -2.10. The molecule has 86 valence electrons. The van der Waals surface area contributed by atoms with Crippen molar-refractivity contribution in [1.82, 2.24) is 0 Å². The predicted octanol–water partition coefficient (Wildman–Crippen LogP) is 1.70. The maximum atomic E-state index is 13.5. The quantitative estimate of drug-likeness (QED) is 0.826. The minimum absolute atomic E-state index is 0.141. The molecule has 16 heavy (non-hydrogen) atoms. The molecular formula is C11H11F2NO2. The molecule has 1 fully saturated rings. The Balaban J connectivity index is 2.33. The zero-order chi connectivity index (χ0) is 11.9. The molecule has 0 heterocycles. The van der Waals surface area contributed by atoms with Crippen molar-refractivity contribution < 1.29 is 18.7 Å². The summed E-state index contributed by atoms with van der Waals surface area (Å²) in [5.41, 5.74) is 4.85. The topological polar surface area (TPSA) is 63.3 Å². The van der Waals surface area contributed by atoms with Gasteiger partial charge in [-0.3, -0.25) is 0 Å². The number of aromatic carboxylic acids is 1. The van der Waals surface area contributed by atoms with Crippen molar-refractivity contribution in [2.24, 2.45) is 5.73 Å². The van der Waals surface area contributed by atoms with Crippen molar-refractivity contribution in [3.05, 3.63) is 34.9 Å². The maximum absolute atomic E-state index is 13.5. The first-order valence-electron chi connectivity index (χ1n) is 4.91. The molecule has 1 saturated carbocycles. The number of benzene rings is 1. The highest BCUT2D eigenvalue weighted by Gasteiger charge is 2.38. The number of carboxylic acid groups (broad SMARTS) is 1. The van der Waals surface area contributed by atoms with Crippen LogP contribution < -0.4 is 5.73 Å². The van der Waals surface area contributed by atoms with Crippen LogP contribution >= 0.6 is 0 Å². The third-order valence-electron chi connectivity index (χ3n) is 2.80. The second-order valence-corrected chi connectivity index (χ2v) is 4.27. The molecule has 0 bridgehead atoms. The number of carbonyl (C=O) groups is 1. The van der Waals surface area contributed by atoms with Crippen LogP contribution in [0.5, 0.6) is 0 Å². The van der Waals surface area contributed by atoms with Gasteiger partial charge in [-0.15, -0.1) is 0 Å². The lowest BCUT2D eigenvalue weighted by Crippen LogP contribution is -2.25. The molecule has 0 unspecified atom stereocenters. The number of rotatable bonds is 3. The summed E-state index contributed by atoms with van der Waals surface area (Å²) in [6.45, 7) is 0. The number of hydrogen-bond acceptors (Lipinski definition) is 2. The Kier molecular flexibility index (Phi) is 2.42. The van der Waals surface area contributed by atoms with Gasteiger partial charge in [-0.1, -0.05) is 0 Å². The van der Waals surface area contributed by atoms with Crippen molar-refractivity contribution in [2.45, 2.75) is 24.8 Å². The first-order valence-corrected chi connectivity index (χ1v) is 4.91. The standard InChI is InChI=1S/C11H11F2NO2/c12-8-4-7(10(15)16)9(13)3-6(8)5-11(14)1-2-11/h3-4H,1-2,5,14H2,(H,15,16). The van der Waals surface area contributed by atoms with E-state index >= 15 is 0 Å². The smallest absolute Gasteiger partial charge is 0.338 e. The van der Waals surface area contributed by atoms with Crippen molar-refractivity contribution in [2.75, 3.05) is 0 Å². The average molecular weight is 227 g/mol. The zero-order valence-corrected chi connectivity index (χ0v) is 8.46. The van der Waals surface area contributed by atoms with E-state index in [9.17, 15) is 13.6 Å². The minimum atomic E-state index is -1.48. The highest BCUT2D eigenvalue weighted by molar-refractivity contribution is 5.88. The molecule has 5 heteroatoms.